The van der Waals surface area contributed by atoms with Crippen LogP contribution in [0.5, 0.6) is 0 Å². The van der Waals surface area contributed by atoms with E-state index in [1.165, 1.54) is 32.1 Å². The molecular formula is C21H29NO2. The maximum Gasteiger partial charge on any atom is 0.253 e. The van der Waals surface area contributed by atoms with Crippen LogP contribution in [0.3, 0.4) is 0 Å². The molecule has 24 heavy (non-hydrogen) atoms. The zero-order valence-electron chi connectivity index (χ0n) is 15.1. The fourth-order valence-electron chi connectivity index (χ4n) is 3.14. The molecule has 3 heteroatoms. The zero-order chi connectivity index (χ0) is 17.6. The molecule has 0 aliphatic heterocycles. The molecule has 0 radical (unpaired) electrons. The van der Waals surface area contributed by atoms with E-state index in [4.69, 9.17) is 0 Å². The van der Waals surface area contributed by atoms with E-state index in [0.29, 0.717) is 11.5 Å². The first-order valence-corrected chi connectivity index (χ1v) is 9.04. The van der Waals surface area contributed by atoms with Crippen LogP contribution in [0, 0.1) is 17.8 Å². The van der Waals surface area contributed by atoms with Gasteiger partial charge in [0, 0.05) is 24.2 Å². The molecule has 1 fully saturated rings. The van der Waals surface area contributed by atoms with Crippen molar-refractivity contribution < 1.29 is 9.90 Å². The number of benzene rings is 1. The standard InChI is InChI=1S/C21H29NO2/c1-4-22(16-18-8-6-5-7-9-18)20(23)19-12-10-17(11-13-19)14-15-21(2,3)24/h10-13,18,24H,4-9,16H2,1-3H3. The van der Waals surface area contributed by atoms with Crippen LogP contribution in [0.2, 0.25) is 0 Å². The van der Waals surface area contributed by atoms with Crippen LogP contribution in [-0.2, 0) is 0 Å². The van der Waals surface area contributed by atoms with Gasteiger partial charge in [0.15, 0.2) is 0 Å². The van der Waals surface area contributed by atoms with Crippen molar-refractivity contribution in [2.45, 2.75) is 58.5 Å². The molecule has 1 aliphatic rings. The summed E-state index contributed by atoms with van der Waals surface area (Å²) in [5, 5.41) is 9.65. The summed E-state index contributed by atoms with van der Waals surface area (Å²) in [6.45, 7) is 6.97. The lowest BCUT2D eigenvalue weighted by Crippen LogP contribution is -2.35. The van der Waals surface area contributed by atoms with Crippen molar-refractivity contribution >= 4 is 5.91 Å². The van der Waals surface area contributed by atoms with Crippen molar-refractivity contribution in [2.75, 3.05) is 13.1 Å². The largest absolute Gasteiger partial charge is 0.378 e. The molecule has 1 aromatic carbocycles. The molecule has 2 rings (SSSR count). The molecular weight excluding hydrogens is 298 g/mol. The number of hydrogen-bond donors (Lipinski definition) is 1. The third-order valence-electron chi connectivity index (χ3n) is 4.52. The minimum absolute atomic E-state index is 0.102. The smallest absolute Gasteiger partial charge is 0.253 e. The monoisotopic (exact) mass is 327 g/mol. The first-order chi connectivity index (χ1) is 11.4. The van der Waals surface area contributed by atoms with Gasteiger partial charge >= 0.3 is 0 Å². The van der Waals surface area contributed by atoms with Gasteiger partial charge in [-0.1, -0.05) is 31.1 Å². The summed E-state index contributed by atoms with van der Waals surface area (Å²) in [4.78, 5) is 14.7. The number of carbonyl (C=O) groups is 1. The van der Waals surface area contributed by atoms with Crippen LogP contribution >= 0.6 is 0 Å². The Bertz CT molecular complexity index is 595. The van der Waals surface area contributed by atoms with E-state index in [1.54, 1.807) is 13.8 Å². The van der Waals surface area contributed by atoms with Crippen molar-refractivity contribution in [1.29, 1.82) is 0 Å². The van der Waals surface area contributed by atoms with Crippen LogP contribution < -0.4 is 0 Å². The van der Waals surface area contributed by atoms with Gasteiger partial charge in [0.2, 0.25) is 0 Å². The lowest BCUT2D eigenvalue weighted by Gasteiger charge is -2.29. The number of nitrogens with zero attached hydrogens (tertiary/aromatic N) is 1. The molecule has 0 atom stereocenters. The normalized spacial score (nSPS) is 15.5. The Hall–Kier alpha value is -1.79. The number of amides is 1. The fourth-order valence-corrected chi connectivity index (χ4v) is 3.14. The second-order valence-corrected chi connectivity index (χ2v) is 7.23. The molecule has 0 bridgehead atoms. The van der Waals surface area contributed by atoms with Gasteiger partial charge in [-0.25, -0.2) is 0 Å². The van der Waals surface area contributed by atoms with Crippen LogP contribution in [0.25, 0.3) is 0 Å². The fraction of sp³-hybridized carbons (Fsp3) is 0.571. The molecule has 1 amide bonds. The van der Waals surface area contributed by atoms with E-state index in [2.05, 4.69) is 11.8 Å². The van der Waals surface area contributed by atoms with Gasteiger partial charge < -0.3 is 10.0 Å². The van der Waals surface area contributed by atoms with Crippen LogP contribution in [0.4, 0.5) is 0 Å². The molecule has 1 aromatic rings. The Kier molecular flexibility index (Phi) is 6.45. The van der Waals surface area contributed by atoms with Crippen LogP contribution in [0.15, 0.2) is 24.3 Å². The van der Waals surface area contributed by atoms with Crippen molar-refractivity contribution in [1.82, 2.24) is 4.90 Å². The minimum atomic E-state index is -1.01. The molecule has 0 spiro atoms. The second kappa shape index (κ2) is 8.35. The average Bonchev–Trinajstić information content (AvgIpc) is 2.58. The Balaban J connectivity index is 2.02. The van der Waals surface area contributed by atoms with Gasteiger partial charge in [0.05, 0.1) is 0 Å². The molecule has 1 N–H and O–H groups in total. The SMILES string of the molecule is CCN(CC1CCCCC1)C(=O)c1ccc(C#CC(C)(C)O)cc1. The first-order valence-electron chi connectivity index (χ1n) is 9.04. The summed E-state index contributed by atoms with van der Waals surface area (Å²) >= 11 is 0. The topological polar surface area (TPSA) is 40.5 Å². The molecule has 130 valence electrons. The summed E-state index contributed by atoms with van der Waals surface area (Å²) in [6.07, 6.45) is 6.42. The van der Waals surface area contributed by atoms with E-state index in [1.807, 2.05) is 36.1 Å². The third kappa shape index (κ3) is 5.69. The maximum absolute atomic E-state index is 12.7. The number of aliphatic hydroxyl groups is 1. The third-order valence-corrected chi connectivity index (χ3v) is 4.52. The first kappa shape index (κ1) is 18.5. The summed E-state index contributed by atoms with van der Waals surface area (Å²) in [6, 6.07) is 7.36. The summed E-state index contributed by atoms with van der Waals surface area (Å²) in [5.41, 5.74) is 0.513. The lowest BCUT2D eigenvalue weighted by molar-refractivity contribution is 0.0724. The van der Waals surface area contributed by atoms with Crippen LogP contribution in [0.1, 0.15) is 68.8 Å². The maximum atomic E-state index is 12.7. The van der Waals surface area contributed by atoms with Gasteiger partial charge in [-0.05, 0) is 63.8 Å². The molecule has 0 aromatic heterocycles. The highest BCUT2D eigenvalue weighted by Gasteiger charge is 2.20. The summed E-state index contributed by atoms with van der Waals surface area (Å²) in [5.74, 6) is 6.47. The Labute approximate surface area is 146 Å². The number of rotatable bonds is 4. The van der Waals surface area contributed by atoms with Crippen molar-refractivity contribution in [3.05, 3.63) is 35.4 Å². The van der Waals surface area contributed by atoms with E-state index in [0.717, 1.165) is 18.7 Å². The van der Waals surface area contributed by atoms with Crippen molar-refractivity contribution in [3.8, 4) is 11.8 Å². The molecule has 0 saturated heterocycles. The van der Waals surface area contributed by atoms with Gasteiger partial charge in [0.1, 0.15) is 5.60 Å². The predicted molar refractivity (Wildman–Crippen MR) is 97.8 cm³/mol. The molecule has 3 nitrogen and oxygen atoms in total. The van der Waals surface area contributed by atoms with Gasteiger partial charge in [0.25, 0.3) is 5.91 Å². The average molecular weight is 327 g/mol. The highest BCUT2D eigenvalue weighted by Crippen LogP contribution is 2.25. The lowest BCUT2D eigenvalue weighted by atomic mass is 9.89. The highest BCUT2D eigenvalue weighted by molar-refractivity contribution is 5.94. The summed E-state index contributed by atoms with van der Waals surface area (Å²) in [7, 11) is 0. The molecule has 1 saturated carbocycles. The quantitative estimate of drug-likeness (QED) is 0.853. The van der Waals surface area contributed by atoms with Crippen molar-refractivity contribution in [2.24, 2.45) is 5.92 Å². The predicted octanol–water partition coefficient (Wildman–Crippen LogP) is 3.85. The van der Waals surface area contributed by atoms with E-state index < -0.39 is 5.60 Å². The number of hydrogen-bond acceptors (Lipinski definition) is 2. The Morgan fingerprint density at radius 3 is 2.38 bits per heavy atom. The van der Waals surface area contributed by atoms with Crippen molar-refractivity contribution in [3.63, 3.8) is 0 Å². The molecule has 0 heterocycles. The summed E-state index contributed by atoms with van der Waals surface area (Å²) < 4.78 is 0. The van der Waals surface area contributed by atoms with Crippen LogP contribution in [-0.4, -0.2) is 34.6 Å². The second-order valence-electron chi connectivity index (χ2n) is 7.23. The van der Waals surface area contributed by atoms with Gasteiger partial charge in [-0.2, -0.15) is 0 Å². The Morgan fingerprint density at radius 2 is 1.83 bits per heavy atom. The van der Waals surface area contributed by atoms with Gasteiger partial charge in [-0.3, -0.25) is 4.79 Å². The molecule has 0 unspecified atom stereocenters. The Morgan fingerprint density at radius 1 is 1.21 bits per heavy atom. The zero-order valence-corrected chi connectivity index (χ0v) is 15.1. The highest BCUT2D eigenvalue weighted by atomic mass is 16.3. The van der Waals surface area contributed by atoms with E-state index in [9.17, 15) is 9.90 Å². The van der Waals surface area contributed by atoms with E-state index in [-0.39, 0.29) is 5.91 Å². The van der Waals surface area contributed by atoms with E-state index >= 15 is 0 Å². The van der Waals surface area contributed by atoms with Gasteiger partial charge in [-0.15, -0.1) is 0 Å². The minimum Gasteiger partial charge on any atom is -0.378 e. The number of carbonyl (C=O) groups excluding carboxylic acids is 1. The molecule has 1 aliphatic carbocycles.